The van der Waals surface area contributed by atoms with Gasteiger partial charge in [0.05, 0.1) is 18.0 Å². The minimum Gasteiger partial charge on any atom is -0.497 e. The fraction of sp³-hybridized carbons (Fsp3) is 0.350. The lowest BCUT2D eigenvalue weighted by molar-refractivity contribution is -0.121. The van der Waals surface area contributed by atoms with Gasteiger partial charge in [-0.3, -0.25) is 9.69 Å². The van der Waals surface area contributed by atoms with Gasteiger partial charge in [-0.25, -0.2) is 8.42 Å². The first-order valence-corrected chi connectivity index (χ1v) is 11.5. The Balaban J connectivity index is 1.59. The van der Waals surface area contributed by atoms with Crippen LogP contribution in [0.15, 0.2) is 57.9 Å². The molecule has 2 aromatic carbocycles. The van der Waals surface area contributed by atoms with E-state index in [1.165, 1.54) is 11.4 Å². The number of anilines is 1. The number of carbonyl (C=O) groups is 1. The van der Waals surface area contributed by atoms with Crippen molar-refractivity contribution < 1.29 is 17.9 Å². The third-order valence-electron chi connectivity index (χ3n) is 4.99. The number of piperazine rings is 1. The fourth-order valence-corrected chi connectivity index (χ4v) is 5.03. The van der Waals surface area contributed by atoms with Gasteiger partial charge >= 0.3 is 0 Å². The maximum absolute atomic E-state index is 12.9. The van der Waals surface area contributed by atoms with E-state index < -0.39 is 10.0 Å². The molecule has 0 bridgehead atoms. The number of nitrogens with one attached hydrogen (secondary N) is 1. The summed E-state index contributed by atoms with van der Waals surface area (Å²) in [6.45, 7) is 3.48. The normalized spacial score (nSPS) is 16.9. The molecule has 0 spiro atoms. The highest BCUT2D eigenvalue weighted by Gasteiger charge is 2.31. The quantitative estimate of drug-likeness (QED) is 0.685. The Morgan fingerprint density at radius 2 is 1.76 bits per heavy atom. The first kappa shape index (κ1) is 21.8. The Hall–Kier alpha value is -1.94. The minimum absolute atomic E-state index is 0.116. The summed E-state index contributed by atoms with van der Waals surface area (Å²) in [6, 6.07) is 13.4. The van der Waals surface area contributed by atoms with E-state index in [2.05, 4.69) is 21.2 Å². The number of methoxy groups -OCH3 is 1. The summed E-state index contributed by atoms with van der Waals surface area (Å²) in [6.07, 6.45) is 0. The van der Waals surface area contributed by atoms with Gasteiger partial charge in [0.2, 0.25) is 15.9 Å². The van der Waals surface area contributed by atoms with Crippen molar-refractivity contribution in [2.75, 3.05) is 38.6 Å². The number of hydrogen-bond donors (Lipinski definition) is 1. The summed E-state index contributed by atoms with van der Waals surface area (Å²) < 4.78 is 33.1. The van der Waals surface area contributed by atoms with Crippen LogP contribution in [0.2, 0.25) is 0 Å². The molecular formula is C20H24BrN3O4S. The molecule has 156 valence electrons. The maximum Gasteiger partial charge on any atom is 0.243 e. The van der Waals surface area contributed by atoms with Gasteiger partial charge in [0.25, 0.3) is 0 Å². The van der Waals surface area contributed by atoms with Crippen molar-refractivity contribution in [1.82, 2.24) is 9.21 Å². The molecule has 0 saturated carbocycles. The molecule has 1 saturated heterocycles. The molecule has 1 N–H and O–H groups in total. The molecule has 3 rings (SSSR count). The third-order valence-corrected chi connectivity index (χ3v) is 7.40. The second-order valence-corrected chi connectivity index (χ2v) is 9.64. The van der Waals surface area contributed by atoms with Crippen molar-refractivity contribution in [3.05, 3.63) is 53.0 Å². The number of benzene rings is 2. The molecule has 0 aromatic heterocycles. The van der Waals surface area contributed by atoms with E-state index >= 15 is 0 Å². The first-order valence-electron chi connectivity index (χ1n) is 9.26. The smallest absolute Gasteiger partial charge is 0.243 e. The highest BCUT2D eigenvalue weighted by Crippen LogP contribution is 2.22. The van der Waals surface area contributed by atoms with Crippen LogP contribution in [0, 0.1) is 0 Å². The van der Waals surface area contributed by atoms with E-state index in [1.807, 2.05) is 36.1 Å². The fourth-order valence-electron chi connectivity index (χ4n) is 3.21. The van der Waals surface area contributed by atoms with Crippen LogP contribution in [0.25, 0.3) is 0 Å². The molecule has 7 nitrogen and oxygen atoms in total. The molecule has 1 fully saturated rings. The Bertz CT molecular complexity index is 958. The summed E-state index contributed by atoms with van der Waals surface area (Å²) in [5, 5.41) is 2.90. The van der Waals surface area contributed by atoms with Crippen molar-refractivity contribution in [3.8, 4) is 5.75 Å². The summed E-state index contributed by atoms with van der Waals surface area (Å²) in [5.74, 6) is 0.494. The Morgan fingerprint density at radius 3 is 2.34 bits per heavy atom. The number of amides is 1. The molecule has 0 unspecified atom stereocenters. The number of halogens is 1. The summed E-state index contributed by atoms with van der Waals surface area (Å²) >= 11 is 3.39. The lowest BCUT2D eigenvalue weighted by atomic mass is 10.2. The second kappa shape index (κ2) is 9.25. The summed E-state index contributed by atoms with van der Waals surface area (Å²) in [5.41, 5.74) is 0.719. The Morgan fingerprint density at radius 1 is 1.10 bits per heavy atom. The molecule has 1 aliphatic rings. The second-order valence-electron chi connectivity index (χ2n) is 6.79. The monoisotopic (exact) mass is 481 g/mol. The van der Waals surface area contributed by atoms with Gasteiger partial charge in [-0.15, -0.1) is 0 Å². The van der Waals surface area contributed by atoms with E-state index in [-0.39, 0.29) is 16.8 Å². The number of sulfonamides is 1. The molecule has 0 radical (unpaired) electrons. The van der Waals surface area contributed by atoms with Gasteiger partial charge < -0.3 is 10.1 Å². The van der Waals surface area contributed by atoms with Crippen LogP contribution in [0.1, 0.15) is 6.92 Å². The van der Waals surface area contributed by atoms with Crippen LogP contribution in [0.4, 0.5) is 5.69 Å². The maximum atomic E-state index is 12.9. The molecule has 9 heteroatoms. The van der Waals surface area contributed by atoms with Gasteiger partial charge in [-0.05, 0) is 49.4 Å². The zero-order valence-corrected chi connectivity index (χ0v) is 18.7. The average molecular weight is 482 g/mol. The van der Waals surface area contributed by atoms with Crippen molar-refractivity contribution in [2.45, 2.75) is 17.9 Å². The Labute approximate surface area is 179 Å². The van der Waals surface area contributed by atoms with E-state index in [4.69, 9.17) is 4.74 Å². The lowest BCUT2D eigenvalue weighted by Crippen LogP contribution is -2.53. The number of rotatable bonds is 6. The SMILES string of the molecule is COc1ccc(S(=O)(=O)N2CCN([C@@H](C)C(=O)Nc3cccc(Br)c3)CC2)cc1. The largest absolute Gasteiger partial charge is 0.497 e. The van der Waals surface area contributed by atoms with E-state index in [9.17, 15) is 13.2 Å². The number of hydrogen-bond acceptors (Lipinski definition) is 5. The van der Waals surface area contributed by atoms with Crippen LogP contribution in [-0.2, 0) is 14.8 Å². The first-order chi connectivity index (χ1) is 13.8. The van der Waals surface area contributed by atoms with Crippen molar-refractivity contribution in [1.29, 1.82) is 0 Å². The van der Waals surface area contributed by atoms with Gasteiger partial charge in [0, 0.05) is 36.3 Å². The van der Waals surface area contributed by atoms with Gasteiger partial charge in [0.15, 0.2) is 0 Å². The highest BCUT2D eigenvalue weighted by atomic mass is 79.9. The molecular weight excluding hydrogens is 458 g/mol. The lowest BCUT2D eigenvalue weighted by Gasteiger charge is -2.36. The van der Waals surface area contributed by atoms with Crippen LogP contribution in [0.3, 0.4) is 0 Å². The molecule has 1 atom stereocenters. The highest BCUT2D eigenvalue weighted by molar-refractivity contribution is 9.10. The average Bonchev–Trinajstić information content (AvgIpc) is 2.73. The minimum atomic E-state index is -3.56. The van der Waals surface area contributed by atoms with Gasteiger partial charge in [-0.2, -0.15) is 4.31 Å². The standard InChI is InChI=1S/C20H24BrN3O4S/c1-15(20(25)22-17-5-3-4-16(21)14-17)23-10-12-24(13-11-23)29(26,27)19-8-6-18(28-2)7-9-19/h3-9,14-15H,10-13H2,1-2H3,(H,22,25)/t15-/m0/s1. The molecule has 2 aromatic rings. The molecule has 1 amide bonds. The van der Waals surface area contributed by atoms with E-state index in [0.29, 0.717) is 31.9 Å². The number of nitrogens with zero attached hydrogens (tertiary/aromatic N) is 2. The van der Waals surface area contributed by atoms with E-state index in [0.717, 1.165) is 10.2 Å². The topological polar surface area (TPSA) is 79.0 Å². The Kier molecular flexibility index (Phi) is 6.94. The van der Waals surface area contributed by atoms with Crippen molar-refractivity contribution in [2.24, 2.45) is 0 Å². The van der Waals surface area contributed by atoms with Crippen LogP contribution in [-0.4, -0.2) is 62.9 Å². The van der Waals surface area contributed by atoms with Crippen molar-refractivity contribution in [3.63, 3.8) is 0 Å². The predicted molar refractivity (Wildman–Crippen MR) is 116 cm³/mol. The third kappa shape index (κ3) is 5.16. The van der Waals surface area contributed by atoms with Crippen LogP contribution >= 0.6 is 15.9 Å². The molecule has 0 aliphatic carbocycles. The van der Waals surface area contributed by atoms with Crippen LogP contribution in [0.5, 0.6) is 5.75 Å². The predicted octanol–water partition coefficient (Wildman–Crippen LogP) is 2.79. The zero-order valence-electron chi connectivity index (χ0n) is 16.3. The summed E-state index contributed by atoms with van der Waals surface area (Å²) in [4.78, 5) is 14.8. The zero-order chi connectivity index (χ0) is 21.0. The summed E-state index contributed by atoms with van der Waals surface area (Å²) in [7, 11) is -2.03. The molecule has 1 heterocycles. The van der Waals surface area contributed by atoms with Gasteiger partial charge in [-0.1, -0.05) is 22.0 Å². The number of carbonyl (C=O) groups excluding carboxylic acids is 1. The van der Waals surface area contributed by atoms with Crippen molar-refractivity contribution >= 4 is 37.5 Å². The van der Waals surface area contributed by atoms with E-state index in [1.54, 1.807) is 24.3 Å². The number of ether oxygens (including phenoxy) is 1. The van der Waals surface area contributed by atoms with Gasteiger partial charge in [0.1, 0.15) is 5.75 Å². The molecule has 1 aliphatic heterocycles. The van der Waals surface area contributed by atoms with Crippen LogP contribution < -0.4 is 10.1 Å². The molecule has 29 heavy (non-hydrogen) atoms.